The number of rotatable bonds is 6. The Hall–Kier alpha value is -1.87. The molecule has 0 spiro atoms. The van der Waals surface area contributed by atoms with Crippen molar-refractivity contribution >= 4 is 17.3 Å². The molecule has 0 fully saturated rings. The first-order valence-electron chi connectivity index (χ1n) is 6.96. The molecule has 2 N–H and O–H groups in total. The molecule has 1 atom stereocenters. The first-order valence-corrected chi connectivity index (χ1v) is 7.34. The van der Waals surface area contributed by atoms with Crippen LogP contribution < -0.4 is 10.1 Å². The number of ether oxygens (including phenoxy) is 1. The number of nitrogens with one attached hydrogen (secondary N) is 1. The number of phenols is 1. The van der Waals surface area contributed by atoms with Gasteiger partial charge in [0.05, 0.1) is 12.8 Å². The maximum atomic E-state index is 9.27. The maximum absolute atomic E-state index is 9.27. The highest BCUT2D eigenvalue weighted by Crippen LogP contribution is 2.28. The number of phenolic OH excluding ortho intramolecular Hbond substituents is 1. The van der Waals surface area contributed by atoms with Crippen LogP contribution in [0.3, 0.4) is 0 Å². The molecule has 3 nitrogen and oxygen atoms in total. The van der Waals surface area contributed by atoms with Crippen LogP contribution in [-0.4, -0.2) is 18.3 Å². The minimum Gasteiger partial charge on any atom is -0.508 e. The fourth-order valence-corrected chi connectivity index (χ4v) is 2.35. The van der Waals surface area contributed by atoms with Crippen molar-refractivity contribution in [3.8, 4) is 11.5 Å². The zero-order chi connectivity index (χ0) is 15.2. The van der Waals surface area contributed by atoms with Crippen LogP contribution in [-0.2, 0) is 6.42 Å². The van der Waals surface area contributed by atoms with Crippen molar-refractivity contribution in [1.29, 1.82) is 0 Å². The van der Waals surface area contributed by atoms with Gasteiger partial charge in [-0.2, -0.15) is 0 Å². The van der Waals surface area contributed by atoms with Crippen molar-refractivity contribution in [2.75, 3.05) is 12.4 Å². The van der Waals surface area contributed by atoms with E-state index in [0.29, 0.717) is 10.8 Å². The number of anilines is 1. The standard InChI is InChI=1S/C17H20ClNO2/c1-12(3-4-13-5-8-15(20)9-6-13)19-16-11-14(18)7-10-17(16)21-2/h5-12,19-20H,3-4H2,1-2H3. The number of hydrogen-bond donors (Lipinski definition) is 2. The lowest BCUT2D eigenvalue weighted by Crippen LogP contribution is -2.16. The second kappa shape index (κ2) is 7.23. The molecule has 0 aliphatic carbocycles. The highest BCUT2D eigenvalue weighted by Gasteiger charge is 2.08. The third kappa shape index (κ3) is 4.57. The number of aromatic hydroxyl groups is 1. The summed E-state index contributed by atoms with van der Waals surface area (Å²) >= 11 is 6.03. The molecule has 2 aromatic carbocycles. The quantitative estimate of drug-likeness (QED) is 0.826. The maximum Gasteiger partial charge on any atom is 0.142 e. The Morgan fingerprint density at radius 3 is 2.57 bits per heavy atom. The van der Waals surface area contributed by atoms with Gasteiger partial charge < -0.3 is 15.2 Å². The van der Waals surface area contributed by atoms with E-state index in [9.17, 15) is 5.11 Å². The van der Waals surface area contributed by atoms with E-state index in [4.69, 9.17) is 16.3 Å². The molecule has 112 valence electrons. The van der Waals surface area contributed by atoms with Crippen LogP contribution in [0.25, 0.3) is 0 Å². The SMILES string of the molecule is COc1ccc(Cl)cc1NC(C)CCc1ccc(O)cc1. The molecule has 2 rings (SSSR count). The average molecular weight is 306 g/mol. The van der Waals surface area contributed by atoms with Gasteiger partial charge >= 0.3 is 0 Å². The van der Waals surface area contributed by atoms with E-state index in [2.05, 4.69) is 12.2 Å². The lowest BCUT2D eigenvalue weighted by molar-refractivity contribution is 0.416. The molecule has 0 heterocycles. The van der Waals surface area contributed by atoms with Gasteiger partial charge in [-0.3, -0.25) is 0 Å². The topological polar surface area (TPSA) is 41.5 Å². The number of aryl methyl sites for hydroxylation is 1. The van der Waals surface area contributed by atoms with E-state index in [0.717, 1.165) is 24.3 Å². The molecule has 2 aromatic rings. The summed E-state index contributed by atoms with van der Waals surface area (Å²) in [5.41, 5.74) is 2.11. The smallest absolute Gasteiger partial charge is 0.142 e. The molecule has 0 amide bonds. The predicted octanol–water partition coefficient (Wildman–Crippen LogP) is 4.49. The second-order valence-corrected chi connectivity index (χ2v) is 5.53. The minimum absolute atomic E-state index is 0.283. The van der Waals surface area contributed by atoms with E-state index >= 15 is 0 Å². The van der Waals surface area contributed by atoms with Gasteiger partial charge in [0.25, 0.3) is 0 Å². The number of methoxy groups -OCH3 is 1. The molecule has 0 aliphatic rings. The summed E-state index contributed by atoms with van der Waals surface area (Å²) in [5, 5.41) is 13.4. The monoisotopic (exact) mass is 305 g/mol. The van der Waals surface area contributed by atoms with E-state index in [1.165, 1.54) is 5.56 Å². The van der Waals surface area contributed by atoms with Crippen molar-refractivity contribution in [2.45, 2.75) is 25.8 Å². The van der Waals surface area contributed by atoms with Gasteiger partial charge in [0.1, 0.15) is 11.5 Å². The zero-order valence-corrected chi connectivity index (χ0v) is 13.0. The Morgan fingerprint density at radius 1 is 1.19 bits per heavy atom. The van der Waals surface area contributed by atoms with Crippen molar-refractivity contribution < 1.29 is 9.84 Å². The predicted molar refractivity (Wildman–Crippen MR) is 87.5 cm³/mol. The summed E-state index contributed by atoms with van der Waals surface area (Å²) in [5.74, 6) is 1.09. The molecule has 0 saturated heterocycles. The van der Waals surface area contributed by atoms with E-state index in [-0.39, 0.29) is 6.04 Å². The van der Waals surface area contributed by atoms with Gasteiger partial charge in [-0.1, -0.05) is 23.7 Å². The molecule has 1 unspecified atom stereocenters. The highest BCUT2D eigenvalue weighted by molar-refractivity contribution is 6.30. The van der Waals surface area contributed by atoms with Gasteiger partial charge in [0.15, 0.2) is 0 Å². The van der Waals surface area contributed by atoms with Crippen LogP contribution in [0.1, 0.15) is 18.9 Å². The van der Waals surface area contributed by atoms with Crippen molar-refractivity contribution in [1.82, 2.24) is 0 Å². The van der Waals surface area contributed by atoms with Crippen LogP contribution in [0.4, 0.5) is 5.69 Å². The molecule has 4 heteroatoms. The van der Waals surface area contributed by atoms with Gasteiger partial charge in [0.2, 0.25) is 0 Å². The lowest BCUT2D eigenvalue weighted by Gasteiger charge is -2.18. The van der Waals surface area contributed by atoms with Gasteiger partial charge in [-0.25, -0.2) is 0 Å². The van der Waals surface area contributed by atoms with E-state index < -0.39 is 0 Å². The molecule has 0 radical (unpaired) electrons. The summed E-state index contributed by atoms with van der Waals surface area (Å²) in [6.07, 6.45) is 1.91. The molecule has 0 aliphatic heterocycles. The zero-order valence-electron chi connectivity index (χ0n) is 12.3. The molecular formula is C17H20ClNO2. The van der Waals surface area contributed by atoms with Crippen LogP contribution in [0.5, 0.6) is 11.5 Å². The Balaban J connectivity index is 1.94. The number of benzene rings is 2. The Labute approximate surface area is 130 Å². The van der Waals surface area contributed by atoms with Crippen molar-refractivity contribution in [3.05, 3.63) is 53.1 Å². The van der Waals surface area contributed by atoms with Crippen molar-refractivity contribution in [3.63, 3.8) is 0 Å². The molecule has 0 bridgehead atoms. The first kappa shape index (κ1) is 15.5. The fourth-order valence-electron chi connectivity index (χ4n) is 2.18. The Morgan fingerprint density at radius 2 is 1.90 bits per heavy atom. The third-order valence-corrected chi connectivity index (χ3v) is 3.60. The van der Waals surface area contributed by atoms with Crippen LogP contribution in [0.2, 0.25) is 5.02 Å². The molecule has 21 heavy (non-hydrogen) atoms. The summed E-state index contributed by atoms with van der Waals surface area (Å²) in [4.78, 5) is 0. The largest absolute Gasteiger partial charge is 0.508 e. The minimum atomic E-state index is 0.283. The van der Waals surface area contributed by atoms with Crippen molar-refractivity contribution in [2.24, 2.45) is 0 Å². The van der Waals surface area contributed by atoms with Gasteiger partial charge in [-0.05, 0) is 55.7 Å². The van der Waals surface area contributed by atoms with Crippen LogP contribution in [0, 0.1) is 0 Å². The summed E-state index contributed by atoms with van der Waals surface area (Å²) < 4.78 is 5.33. The first-order chi connectivity index (χ1) is 10.1. The van der Waals surface area contributed by atoms with Gasteiger partial charge in [-0.15, -0.1) is 0 Å². The summed E-state index contributed by atoms with van der Waals surface area (Å²) in [6, 6.07) is 13.2. The van der Waals surface area contributed by atoms with Crippen LogP contribution in [0.15, 0.2) is 42.5 Å². The Bertz CT molecular complexity index is 584. The number of halogens is 1. The lowest BCUT2D eigenvalue weighted by atomic mass is 10.1. The normalized spacial score (nSPS) is 12.0. The summed E-state index contributed by atoms with van der Waals surface area (Å²) in [7, 11) is 1.65. The molecule has 0 saturated carbocycles. The second-order valence-electron chi connectivity index (χ2n) is 5.10. The third-order valence-electron chi connectivity index (χ3n) is 3.37. The van der Waals surface area contributed by atoms with E-state index in [1.807, 2.05) is 30.3 Å². The van der Waals surface area contributed by atoms with Crippen LogP contribution >= 0.6 is 11.6 Å². The number of hydrogen-bond acceptors (Lipinski definition) is 3. The fraction of sp³-hybridized carbons (Fsp3) is 0.294. The highest BCUT2D eigenvalue weighted by atomic mass is 35.5. The molecular weight excluding hydrogens is 286 g/mol. The average Bonchev–Trinajstić information content (AvgIpc) is 2.47. The molecule has 0 aromatic heterocycles. The Kier molecular flexibility index (Phi) is 5.34. The summed E-state index contributed by atoms with van der Waals surface area (Å²) in [6.45, 7) is 2.13. The van der Waals surface area contributed by atoms with E-state index in [1.54, 1.807) is 19.2 Å². The van der Waals surface area contributed by atoms with Gasteiger partial charge in [0, 0.05) is 11.1 Å².